The van der Waals surface area contributed by atoms with Gasteiger partial charge in [-0.05, 0) is 48.9 Å². The lowest BCUT2D eigenvalue weighted by atomic mass is 10.2. The van der Waals surface area contributed by atoms with Gasteiger partial charge in [-0.15, -0.1) is 0 Å². The van der Waals surface area contributed by atoms with Gasteiger partial charge < -0.3 is 18.8 Å². The summed E-state index contributed by atoms with van der Waals surface area (Å²) in [6.45, 7) is 0.779. The van der Waals surface area contributed by atoms with Crippen LogP contribution in [0.5, 0.6) is 11.5 Å². The lowest BCUT2D eigenvalue weighted by Gasteiger charge is -2.17. The zero-order valence-corrected chi connectivity index (χ0v) is 15.4. The van der Waals surface area contributed by atoms with Gasteiger partial charge in [0.15, 0.2) is 6.61 Å². The fourth-order valence-corrected chi connectivity index (χ4v) is 2.53. The van der Waals surface area contributed by atoms with Crippen LogP contribution in [0.2, 0.25) is 0 Å². The number of carbonyl (C=O) groups is 1. The molecule has 0 aliphatic carbocycles. The summed E-state index contributed by atoms with van der Waals surface area (Å²) in [5, 5.41) is 0.775. The number of ether oxygens (including phenoxy) is 2. The van der Waals surface area contributed by atoms with E-state index in [0.29, 0.717) is 36.7 Å². The number of amides is 1. The number of carbonyl (C=O) groups excluding carboxylic acids is 1. The molecule has 1 heterocycles. The Kier molecular flexibility index (Phi) is 6.26. The maximum atomic E-state index is 12.8. The average Bonchev–Trinajstić information content (AvgIpc) is 2.70. The van der Waals surface area contributed by atoms with Crippen LogP contribution < -0.4 is 15.1 Å². The summed E-state index contributed by atoms with van der Waals surface area (Å²) < 4.78 is 28.9. The molecule has 1 aromatic heterocycles. The molecule has 0 saturated heterocycles. The molecule has 0 unspecified atom stereocenters. The molecule has 0 radical (unpaired) electrons. The van der Waals surface area contributed by atoms with Gasteiger partial charge in [-0.1, -0.05) is 0 Å². The van der Waals surface area contributed by atoms with Crippen LogP contribution in [-0.4, -0.2) is 37.6 Å². The number of likely N-dealkylation sites (N-methyl/N-ethyl adjacent to an activating group) is 1. The monoisotopic (exact) mass is 385 g/mol. The SMILES string of the molecule is CN(CCCOc1ccc(F)cc1)C(=O)COc1ccc2ccc(=O)oc2c1. The third kappa shape index (κ3) is 5.33. The molecule has 146 valence electrons. The molecule has 0 aliphatic rings. The number of hydrogen-bond acceptors (Lipinski definition) is 5. The fourth-order valence-electron chi connectivity index (χ4n) is 2.53. The Hall–Kier alpha value is -3.35. The number of hydrogen-bond donors (Lipinski definition) is 0. The van der Waals surface area contributed by atoms with E-state index in [1.165, 1.54) is 18.2 Å². The Balaban J connectivity index is 1.42. The third-order valence-corrected chi connectivity index (χ3v) is 4.10. The van der Waals surface area contributed by atoms with E-state index >= 15 is 0 Å². The van der Waals surface area contributed by atoms with Crippen LogP contribution in [0.4, 0.5) is 4.39 Å². The van der Waals surface area contributed by atoms with E-state index in [2.05, 4.69) is 0 Å². The van der Waals surface area contributed by atoms with E-state index in [1.54, 1.807) is 48.3 Å². The zero-order valence-electron chi connectivity index (χ0n) is 15.4. The average molecular weight is 385 g/mol. The van der Waals surface area contributed by atoms with Crippen LogP contribution in [0.15, 0.2) is 63.8 Å². The van der Waals surface area contributed by atoms with Crippen molar-refractivity contribution in [1.82, 2.24) is 4.90 Å². The number of halogens is 1. The number of rotatable bonds is 8. The van der Waals surface area contributed by atoms with Gasteiger partial charge in [0, 0.05) is 31.1 Å². The van der Waals surface area contributed by atoms with Gasteiger partial charge in [0.1, 0.15) is 22.9 Å². The second-order valence-corrected chi connectivity index (χ2v) is 6.21. The van der Waals surface area contributed by atoms with Crippen molar-refractivity contribution in [2.75, 3.05) is 26.8 Å². The maximum absolute atomic E-state index is 12.8. The van der Waals surface area contributed by atoms with Gasteiger partial charge in [0.25, 0.3) is 5.91 Å². The third-order valence-electron chi connectivity index (χ3n) is 4.10. The number of nitrogens with zero attached hydrogens (tertiary/aromatic N) is 1. The molecule has 0 bridgehead atoms. The van der Waals surface area contributed by atoms with Crippen LogP contribution in [0, 0.1) is 5.82 Å². The highest BCUT2D eigenvalue weighted by Crippen LogP contribution is 2.19. The Bertz CT molecular complexity index is 1000. The van der Waals surface area contributed by atoms with Gasteiger partial charge in [0.05, 0.1) is 6.61 Å². The lowest BCUT2D eigenvalue weighted by Crippen LogP contribution is -2.32. The molecule has 3 aromatic rings. The Labute approximate surface area is 161 Å². The quantitative estimate of drug-likeness (QED) is 0.440. The molecule has 6 nitrogen and oxygen atoms in total. The molecule has 0 spiro atoms. The Morgan fingerprint density at radius 1 is 1.04 bits per heavy atom. The first-order valence-corrected chi connectivity index (χ1v) is 8.80. The predicted octanol–water partition coefficient (Wildman–Crippen LogP) is 3.24. The van der Waals surface area contributed by atoms with Crippen molar-refractivity contribution < 1.29 is 23.1 Å². The van der Waals surface area contributed by atoms with E-state index in [0.717, 1.165) is 5.39 Å². The van der Waals surface area contributed by atoms with Crippen molar-refractivity contribution in [3.8, 4) is 11.5 Å². The second-order valence-electron chi connectivity index (χ2n) is 6.21. The fraction of sp³-hybridized carbons (Fsp3) is 0.238. The molecule has 0 atom stereocenters. The molecular weight excluding hydrogens is 365 g/mol. The van der Waals surface area contributed by atoms with Crippen molar-refractivity contribution in [2.24, 2.45) is 0 Å². The first kappa shape index (κ1) is 19.4. The molecule has 0 aliphatic heterocycles. The summed E-state index contributed by atoms with van der Waals surface area (Å²) >= 11 is 0. The van der Waals surface area contributed by atoms with Crippen LogP contribution in [0.1, 0.15) is 6.42 Å². The summed E-state index contributed by atoms with van der Waals surface area (Å²) in [6, 6.07) is 13.9. The van der Waals surface area contributed by atoms with Gasteiger partial charge >= 0.3 is 5.63 Å². The maximum Gasteiger partial charge on any atom is 0.336 e. The molecular formula is C21H20FNO5. The highest BCUT2D eigenvalue weighted by atomic mass is 19.1. The van der Waals surface area contributed by atoms with Crippen molar-refractivity contribution >= 4 is 16.9 Å². The van der Waals surface area contributed by atoms with Crippen LogP contribution in [-0.2, 0) is 4.79 Å². The minimum atomic E-state index is -0.441. The molecule has 2 aromatic carbocycles. The van der Waals surface area contributed by atoms with E-state index < -0.39 is 5.63 Å². The molecule has 0 saturated carbocycles. The topological polar surface area (TPSA) is 69.0 Å². The molecule has 7 heteroatoms. The van der Waals surface area contributed by atoms with Gasteiger partial charge in [-0.2, -0.15) is 0 Å². The van der Waals surface area contributed by atoms with Crippen LogP contribution >= 0.6 is 0 Å². The largest absolute Gasteiger partial charge is 0.494 e. The highest BCUT2D eigenvalue weighted by molar-refractivity contribution is 5.79. The molecule has 0 fully saturated rings. The van der Waals surface area contributed by atoms with Gasteiger partial charge in [-0.25, -0.2) is 9.18 Å². The van der Waals surface area contributed by atoms with Crippen LogP contribution in [0.25, 0.3) is 11.0 Å². The van der Waals surface area contributed by atoms with Crippen molar-refractivity contribution in [2.45, 2.75) is 6.42 Å². The van der Waals surface area contributed by atoms with Crippen LogP contribution in [0.3, 0.4) is 0 Å². The Morgan fingerprint density at radius 2 is 1.75 bits per heavy atom. The van der Waals surface area contributed by atoms with Crippen molar-refractivity contribution in [1.29, 1.82) is 0 Å². The van der Waals surface area contributed by atoms with Gasteiger partial charge in [0.2, 0.25) is 0 Å². The molecule has 0 N–H and O–H groups in total. The van der Waals surface area contributed by atoms with Crippen molar-refractivity contribution in [3.05, 3.63) is 70.8 Å². The highest BCUT2D eigenvalue weighted by Gasteiger charge is 2.10. The minimum absolute atomic E-state index is 0.127. The second kappa shape index (κ2) is 9.03. The lowest BCUT2D eigenvalue weighted by molar-refractivity contribution is -0.132. The normalized spacial score (nSPS) is 10.6. The summed E-state index contributed by atoms with van der Waals surface area (Å²) in [7, 11) is 1.68. The smallest absolute Gasteiger partial charge is 0.336 e. The van der Waals surface area contributed by atoms with E-state index in [9.17, 15) is 14.0 Å². The van der Waals surface area contributed by atoms with E-state index in [-0.39, 0.29) is 18.3 Å². The molecule has 1 amide bonds. The van der Waals surface area contributed by atoms with Crippen molar-refractivity contribution in [3.63, 3.8) is 0 Å². The number of benzene rings is 2. The predicted molar refractivity (Wildman–Crippen MR) is 102 cm³/mol. The minimum Gasteiger partial charge on any atom is -0.494 e. The summed E-state index contributed by atoms with van der Waals surface area (Å²) in [4.78, 5) is 25.0. The summed E-state index contributed by atoms with van der Waals surface area (Å²) in [5.41, 5.74) is -0.0351. The first-order valence-electron chi connectivity index (χ1n) is 8.80. The summed E-state index contributed by atoms with van der Waals surface area (Å²) in [6.07, 6.45) is 0.626. The van der Waals surface area contributed by atoms with E-state index in [1.807, 2.05) is 0 Å². The number of fused-ring (bicyclic) bond motifs is 1. The Morgan fingerprint density at radius 3 is 2.54 bits per heavy atom. The molecule has 3 rings (SSSR count). The first-order chi connectivity index (χ1) is 13.5. The molecule has 28 heavy (non-hydrogen) atoms. The van der Waals surface area contributed by atoms with Gasteiger partial charge in [-0.3, -0.25) is 4.79 Å². The summed E-state index contributed by atoms with van der Waals surface area (Å²) in [5.74, 6) is 0.535. The zero-order chi connectivity index (χ0) is 19.9. The standard InChI is InChI=1S/C21H20FNO5/c1-23(11-2-12-26-17-8-5-16(22)6-9-17)20(24)14-27-18-7-3-15-4-10-21(25)28-19(15)13-18/h3-10,13H,2,11-12,14H2,1H3. The van der Waals surface area contributed by atoms with E-state index in [4.69, 9.17) is 13.9 Å².